The highest BCUT2D eigenvalue weighted by Crippen LogP contribution is 2.47. The summed E-state index contributed by atoms with van der Waals surface area (Å²) < 4.78 is 22.7. The molecule has 0 aliphatic heterocycles. The molecular weight excluding hydrogens is 647 g/mol. The number of carbonyl (C=O) groups is 1. The lowest BCUT2D eigenvalue weighted by Gasteiger charge is -2.43. The molecule has 0 aliphatic carbocycles. The fraction of sp³-hybridized carbons (Fsp3) is 0.561. The van der Waals surface area contributed by atoms with Crippen LogP contribution in [0.3, 0.4) is 0 Å². The number of methoxy groups -OCH3 is 1. The van der Waals surface area contributed by atoms with E-state index in [-0.39, 0.29) is 59.1 Å². The van der Waals surface area contributed by atoms with Crippen LogP contribution in [0, 0.1) is 35.5 Å². The molecular formula is C41H63NO7Si. The number of hydrogen-bond donors (Lipinski definition) is 2. The van der Waals surface area contributed by atoms with Crippen LogP contribution >= 0.6 is 0 Å². The summed E-state index contributed by atoms with van der Waals surface area (Å²) in [6, 6.07) is 9.00. The minimum atomic E-state index is -2.54. The predicted molar refractivity (Wildman–Crippen MR) is 208 cm³/mol. The minimum Gasteiger partial charge on any atom is -0.445 e. The molecule has 3 N–H and O–H groups in total. The van der Waals surface area contributed by atoms with Crippen molar-refractivity contribution in [3.8, 4) is 0 Å². The second kappa shape index (κ2) is 19.4. The molecule has 0 bridgehead atoms. The van der Waals surface area contributed by atoms with Crippen LogP contribution in [0.2, 0.25) is 18.1 Å². The molecule has 2 unspecified atom stereocenters. The Morgan fingerprint density at radius 1 is 1.04 bits per heavy atom. The normalized spacial score (nSPS) is 18.0. The summed E-state index contributed by atoms with van der Waals surface area (Å²) in [7, 11) is -0.916. The van der Waals surface area contributed by atoms with Gasteiger partial charge in [0.05, 0.1) is 6.10 Å². The van der Waals surface area contributed by atoms with E-state index in [1.807, 2.05) is 56.4 Å². The second-order valence-corrected chi connectivity index (χ2v) is 19.9. The summed E-state index contributed by atoms with van der Waals surface area (Å²) >= 11 is 0. The van der Waals surface area contributed by atoms with Crippen molar-refractivity contribution < 1.29 is 28.2 Å². The average molecular weight is 710 g/mol. The van der Waals surface area contributed by atoms with Gasteiger partial charge in [-0.25, -0.2) is 9.59 Å². The van der Waals surface area contributed by atoms with E-state index >= 15 is 0 Å². The predicted octanol–water partition coefficient (Wildman–Crippen LogP) is 9.50. The van der Waals surface area contributed by atoms with Crippen molar-refractivity contribution in [2.45, 2.75) is 98.6 Å². The number of primary amides is 1. The first-order valence-electron chi connectivity index (χ1n) is 17.8. The van der Waals surface area contributed by atoms with Crippen LogP contribution in [-0.4, -0.2) is 45.3 Å². The molecule has 0 fully saturated rings. The van der Waals surface area contributed by atoms with Crippen molar-refractivity contribution in [2.75, 3.05) is 13.9 Å². The number of benzene rings is 1. The number of amides is 1. The lowest BCUT2D eigenvalue weighted by Crippen LogP contribution is -2.44. The Morgan fingerprint density at radius 2 is 1.68 bits per heavy atom. The first kappa shape index (κ1) is 42.9. The van der Waals surface area contributed by atoms with E-state index in [9.17, 15) is 14.4 Å². The SMILES string of the molecule is C=C/C=C\C(C)[C@H](OC(N)=O)[C@@H](C)[C@H](CC(C)(C)[Si](C)(C)O)[C@@H](C)C/C(C)=C\[C@H](C)[C@@H](OCOC)C(C)/C=C\c1ccc2ccc(=O)oc2c1. The number of fused-ring (bicyclic) bond motifs is 1. The number of nitrogens with two attached hydrogens (primary N) is 1. The molecule has 1 amide bonds. The van der Waals surface area contributed by atoms with E-state index in [0.717, 1.165) is 23.8 Å². The van der Waals surface area contributed by atoms with Gasteiger partial charge in [-0.05, 0) is 73.3 Å². The Hall–Kier alpha value is -3.24. The molecule has 0 aliphatic rings. The van der Waals surface area contributed by atoms with Gasteiger partial charge in [0, 0.05) is 36.3 Å². The highest BCUT2D eigenvalue weighted by molar-refractivity contribution is 6.72. The summed E-state index contributed by atoms with van der Waals surface area (Å²) in [5.41, 5.74) is 7.93. The van der Waals surface area contributed by atoms with E-state index in [1.165, 1.54) is 11.6 Å². The lowest BCUT2D eigenvalue weighted by atomic mass is 9.71. The van der Waals surface area contributed by atoms with Crippen LogP contribution in [0.1, 0.15) is 73.8 Å². The van der Waals surface area contributed by atoms with Crippen molar-refractivity contribution >= 4 is 31.5 Å². The van der Waals surface area contributed by atoms with Gasteiger partial charge in [0.15, 0.2) is 8.32 Å². The van der Waals surface area contributed by atoms with Crippen LogP contribution in [0.4, 0.5) is 4.79 Å². The smallest absolute Gasteiger partial charge is 0.404 e. The number of hydrogen-bond acceptors (Lipinski definition) is 7. The molecule has 0 radical (unpaired) electrons. The van der Waals surface area contributed by atoms with E-state index in [1.54, 1.807) is 19.3 Å². The zero-order chi connectivity index (χ0) is 37.8. The standard InChI is InChI=1S/C41H63NO7Si/c1-13-14-15-28(3)39(49-40(42)44)32(7)35(25-41(8,9)50(11,12)45)30(5)22-27(2)23-31(6)38(47-26-46-10)29(4)16-17-33-18-19-34-20-21-37(43)48-36(34)24-33/h13-21,23-24,28-32,35,38-39,45H,1,22,25-26H2,2-12H3,(H2,42,44)/b15-14-,17-16-,27-23-/t28?,29?,30-,31-,32-,35+,38-,39-/m0/s1. The van der Waals surface area contributed by atoms with Crippen LogP contribution in [0.15, 0.2) is 82.1 Å². The average Bonchev–Trinajstić information content (AvgIpc) is 3.02. The van der Waals surface area contributed by atoms with Gasteiger partial charge in [0.2, 0.25) is 0 Å². The van der Waals surface area contributed by atoms with E-state index in [0.29, 0.717) is 5.58 Å². The molecule has 0 saturated carbocycles. The minimum absolute atomic E-state index is 0.0334. The van der Waals surface area contributed by atoms with Crippen molar-refractivity contribution in [3.05, 3.63) is 88.8 Å². The van der Waals surface area contributed by atoms with Gasteiger partial charge in [-0.2, -0.15) is 0 Å². The number of rotatable bonds is 20. The van der Waals surface area contributed by atoms with E-state index < -0.39 is 20.5 Å². The third kappa shape index (κ3) is 12.8. The maximum atomic E-state index is 12.1. The molecule has 1 aromatic heterocycles. The van der Waals surface area contributed by atoms with Gasteiger partial charge >= 0.3 is 11.7 Å². The van der Waals surface area contributed by atoms with E-state index in [4.69, 9.17) is 24.4 Å². The third-order valence-electron chi connectivity index (χ3n) is 10.5. The summed E-state index contributed by atoms with van der Waals surface area (Å²) in [4.78, 5) is 35.1. The van der Waals surface area contributed by atoms with Crippen molar-refractivity contribution in [1.29, 1.82) is 0 Å². The molecule has 50 heavy (non-hydrogen) atoms. The molecule has 2 aromatic rings. The Bertz CT molecular complexity index is 1540. The summed E-state index contributed by atoms with van der Waals surface area (Å²) in [6.45, 7) is 25.1. The number of carbonyl (C=O) groups excluding carboxylic acids is 1. The zero-order valence-corrected chi connectivity index (χ0v) is 33.3. The Morgan fingerprint density at radius 3 is 2.28 bits per heavy atom. The Labute approximate surface area is 301 Å². The molecule has 0 saturated heterocycles. The highest BCUT2D eigenvalue weighted by Gasteiger charge is 2.44. The molecule has 278 valence electrons. The summed E-state index contributed by atoms with van der Waals surface area (Å²) in [5.74, 6) is 0.335. The fourth-order valence-corrected chi connectivity index (χ4v) is 7.67. The molecule has 8 atom stereocenters. The largest absolute Gasteiger partial charge is 0.445 e. The lowest BCUT2D eigenvalue weighted by molar-refractivity contribution is -0.0947. The monoisotopic (exact) mass is 709 g/mol. The molecule has 9 heteroatoms. The van der Waals surface area contributed by atoms with Crippen LogP contribution in [-0.2, 0) is 14.2 Å². The third-order valence-corrected chi connectivity index (χ3v) is 14.0. The topological polar surface area (TPSA) is 121 Å². The van der Waals surface area contributed by atoms with Gasteiger partial charge in [-0.15, -0.1) is 0 Å². The Balaban J connectivity index is 2.37. The zero-order valence-electron chi connectivity index (χ0n) is 32.3. The molecule has 2 rings (SSSR count). The molecule has 0 spiro atoms. The van der Waals surface area contributed by atoms with Crippen molar-refractivity contribution in [2.24, 2.45) is 41.2 Å². The van der Waals surface area contributed by atoms with Gasteiger partial charge in [-0.1, -0.05) is 109 Å². The van der Waals surface area contributed by atoms with Crippen molar-refractivity contribution in [3.63, 3.8) is 0 Å². The number of allylic oxidation sites excluding steroid dienone is 3. The first-order chi connectivity index (χ1) is 23.3. The van der Waals surface area contributed by atoms with Crippen LogP contribution < -0.4 is 11.4 Å². The van der Waals surface area contributed by atoms with Gasteiger partial charge in [0.1, 0.15) is 18.5 Å². The van der Waals surface area contributed by atoms with Gasteiger partial charge < -0.3 is 29.2 Å². The van der Waals surface area contributed by atoms with Crippen LogP contribution in [0.5, 0.6) is 0 Å². The summed E-state index contributed by atoms with van der Waals surface area (Å²) in [6.07, 6.45) is 12.2. The van der Waals surface area contributed by atoms with Crippen molar-refractivity contribution in [1.82, 2.24) is 0 Å². The van der Waals surface area contributed by atoms with Gasteiger partial charge in [0.25, 0.3) is 0 Å². The molecule has 8 nitrogen and oxygen atoms in total. The quantitative estimate of drug-likeness (QED) is 0.0462. The second-order valence-electron chi connectivity index (χ2n) is 15.4. The fourth-order valence-electron chi connectivity index (χ4n) is 6.93. The Kier molecular flexibility index (Phi) is 16.6. The van der Waals surface area contributed by atoms with Crippen LogP contribution in [0.25, 0.3) is 17.0 Å². The van der Waals surface area contributed by atoms with E-state index in [2.05, 4.69) is 67.2 Å². The maximum Gasteiger partial charge on any atom is 0.404 e. The molecule has 1 heterocycles. The summed E-state index contributed by atoms with van der Waals surface area (Å²) in [5, 5.41) is 0.594. The maximum absolute atomic E-state index is 12.1. The van der Waals surface area contributed by atoms with Gasteiger partial charge in [-0.3, -0.25) is 0 Å². The number of ether oxygens (including phenoxy) is 3. The first-order valence-corrected chi connectivity index (χ1v) is 20.7. The highest BCUT2D eigenvalue weighted by atomic mass is 28.4. The molecule has 1 aromatic carbocycles.